The second-order valence-electron chi connectivity index (χ2n) is 12.4. The van der Waals surface area contributed by atoms with Crippen LogP contribution in [0.25, 0.3) is 26.3 Å². The fourth-order valence-electron chi connectivity index (χ4n) is 5.84. The van der Waals surface area contributed by atoms with E-state index in [4.69, 9.17) is 23.7 Å². The molecule has 0 aliphatic carbocycles. The number of benzene rings is 3. The summed E-state index contributed by atoms with van der Waals surface area (Å²) in [6.07, 6.45) is 0. The first-order valence-electron chi connectivity index (χ1n) is 17.6. The molecule has 0 atom stereocenters. The first-order chi connectivity index (χ1) is 26.6. The number of halogens is 2. The SMILES string of the molecule is CCNC(=O)Nc1ccc(-c2sc3c(c2CN(C)CCOC)c(=O)n(-c2ccc(OCCOC)c(OCCOC)c2)c(=O)n3Cc2c(F)cccc2F)cc1. The van der Waals surface area contributed by atoms with E-state index in [-0.39, 0.29) is 59.6 Å². The molecule has 55 heavy (non-hydrogen) atoms. The summed E-state index contributed by atoms with van der Waals surface area (Å²) in [5.74, 6) is -1.08. The van der Waals surface area contributed by atoms with Gasteiger partial charge < -0.3 is 34.3 Å². The van der Waals surface area contributed by atoms with Crippen LogP contribution in [-0.2, 0) is 27.3 Å². The molecule has 3 aromatic carbocycles. The minimum Gasteiger partial charge on any atom is -0.487 e. The molecule has 0 unspecified atom stereocenters. The fraction of sp³-hybridized carbons (Fsp3) is 0.359. The van der Waals surface area contributed by atoms with Gasteiger partial charge in [0.1, 0.15) is 29.7 Å². The van der Waals surface area contributed by atoms with E-state index in [0.29, 0.717) is 53.7 Å². The molecule has 16 heteroatoms. The smallest absolute Gasteiger partial charge is 0.337 e. The molecule has 0 spiro atoms. The lowest BCUT2D eigenvalue weighted by atomic mass is 10.1. The number of hydrogen-bond acceptors (Lipinski definition) is 10. The molecule has 2 amide bonds. The Morgan fingerprint density at radius 3 is 2.13 bits per heavy atom. The summed E-state index contributed by atoms with van der Waals surface area (Å²) in [6.45, 7) is 3.89. The van der Waals surface area contributed by atoms with Crippen LogP contribution in [0.4, 0.5) is 19.3 Å². The summed E-state index contributed by atoms with van der Waals surface area (Å²) in [6, 6.07) is 14.8. The average molecular weight is 782 g/mol. The normalized spacial score (nSPS) is 11.3. The maximum Gasteiger partial charge on any atom is 0.337 e. The third kappa shape index (κ3) is 9.76. The van der Waals surface area contributed by atoms with E-state index >= 15 is 8.78 Å². The standard InChI is InChI=1S/C39H45F2N5O8S/c1-6-42-38(48)43-26-12-10-25(11-13-26)35-29(23-44(2)16-17-50-3)34-36(47)46(27-14-15-32(53-20-18-51-4)33(22-27)54-21-19-52-5)39(49)45(37(34)55-35)24-28-30(40)8-7-9-31(28)41/h7-15,22H,6,16-21,23-24H2,1-5H3,(H2,42,43,48). The summed E-state index contributed by atoms with van der Waals surface area (Å²) < 4.78 is 60.1. The number of rotatable bonds is 19. The predicted octanol–water partition coefficient (Wildman–Crippen LogP) is 5.48. The molecule has 2 aromatic heterocycles. The first-order valence-corrected chi connectivity index (χ1v) is 18.4. The summed E-state index contributed by atoms with van der Waals surface area (Å²) in [4.78, 5) is 44.5. The third-order valence-corrected chi connectivity index (χ3v) is 9.88. The van der Waals surface area contributed by atoms with Crippen LogP contribution >= 0.6 is 11.3 Å². The topological polar surface area (TPSA) is 135 Å². The van der Waals surface area contributed by atoms with Gasteiger partial charge in [-0.15, -0.1) is 11.3 Å². The van der Waals surface area contributed by atoms with E-state index in [9.17, 15) is 14.4 Å². The van der Waals surface area contributed by atoms with E-state index in [1.54, 1.807) is 50.6 Å². The number of thiophene rings is 1. The van der Waals surface area contributed by atoms with Crippen LogP contribution in [0.1, 0.15) is 18.1 Å². The molecule has 294 valence electrons. The Hall–Kier alpha value is -5.13. The van der Waals surface area contributed by atoms with Crippen LogP contribution in [0.2, 0.25) is 0 Å². The number of aromatic nitrogens is 2. The molecule has 5 rings (SSSR count). The van der Waals surface area contributed by atoms with Gasteiger partial charge in [-0.1, -0.05) is 18.2 Å². The zero-order valence-corrected chi connectivity index (χ0v) is 32.2. The number of nitrogens with zero attached hydrogens (tertiary/aromatic N) is 3. The highest BCUT2D eigenvalue weighted by Gasteiger charge is 2.26. The zero-order chi connectivity index (χ0) is 39.5. The number of likely N-dealkylation sites (N-methyl/N-ethyl adjacent to an activating group) is 1. The van der Waals surface area contributed by atoms with E-state index in [1.165, 1.54) is 35.1 Å². The maximum atomic E-state index is 15.2. The molecule has 2 heterocycles. The van der Waals surface area contributed by atoms with Crippen LogP contribution < -0.4 is 31.4 Å². The van der Waals surface area contributed by atoms with Gasteiger partial charge in [-0.25, -0.2) is 22.9 Å². The van der Waals surface area contributed by atoms with Crippen molar-refractivity contribution in [3.05, 3.63) is 104 Å². The van der Waals surface area contributed by atoms with Crippen molar-refractivity contribution in [2.75, 3.05) is 79.8 Å². The van der Waals surface area contributed by atoms with Gasteiger partial charge in [0.05, 0.1) is 37.4 Å². The van der Waals surface area contributed by atoms with Crippen LogP contribution in [0.3, 0.4) is 0 Å². The second kappa shape index (κ2) is 19.5. The van der Waals surface area contributed by atoms with Crippen molar-refractivity contribution in [1.29, 1.82) is 0 Å². The van der Waals surface area contributed by atoms with Crippen molar-refractivity contribution in [3.8, 4) is 27.6 Å². The molecule has 5 aromatic rings. The molecule has 0 bridgehead atoms. The number of fused-ring (bicyclic) bond motifs is 1. The Bertz CT molecular complexity index is 2190. The molecule has 2 N–H and O–H groups in total. The highest BCUT2D eigenvalue weighted by atomic mass is 32.1. The molecule has 0 saturated carbocycles. The highest BCUT2D eigenvalue weighted by Crippen LogP contribution is 2.39. The predicted molar refractivity (Wildman–Crippen MR) is 208 cm³/mol. The lowest BCUT2D eigenvalue weighted by molar-refractivity contribution is 0.132. The molecule has 0 saturated heterocycles. The third-order valence-electron chi connectivity index (χ3n) is 8.57. The second-order valence-corrected chi connectivity index (χ2v) is 13.4. The lowest BCUT2D eigenvalue weighted by Gasteiger charge is -2.18. The number of methoxy groups -OCH3 is 3. The van der Waals surface area contributed by atoms with Crippen molar-refractivity contribution in [2.45, 2.75) is 20.0 Å². The van der Waals surface area contributed by atoms with Crippen molar-refractivity contribution in [2.24, 2.45) is 0 Å². The number of hydrogen-bond donors (Lipinski definition) is 2. The van der Waals surface area contributed by atoms with E-state index < -0.39 is 29.4 Å². The van der Waals surface area contributed by atoms with Gasteiger partial charge in [0.2, 0.25) is 0 Å². The first kappa shape index (κ1) is 41.0. The van der Waals surface area contributed by atoms with Gasteiger partial charge in [-0.05, 0) is 61.5 Å². The Balaban J connectivity index is 1.78. The molecule has 0 aliphatic rings. The molecule has 0 aliphatic heterocycles. The van der Waals surface area contributed by atoms with Gasteiger partial charge >= 0.3 is 11.7 Å². The van der Waals surface area contributed by atoms with Crippen molar-refractivity contribution in [3.63, 3.8) is 0 Å². The number of carbonyl (C=O) groups is 1. The number of urea groups is 1. The van der Waals surface area contributed by atoms with Crippen LogP contribution in [0.5, 0.6) is 11.5 Å². The summed E-state index contributed by atoms with van der Waals surface area (Å²) in [5.41, 5.74) is 0.209. The number of anilines is 1. The van der Waals surface area contributed by atoms with Crippen LogP contribution in [0.15, 0.2) is 70.3 Å². The van der Waals surface area contributed by atoms with E-state index in [1.807, 2.05) is 18.9 Å². The maximum absolute atomic E-state index is 15.2. The van der Waals surface area contributed by atoms with Gasteiger partial charge in [0.15, 0.2) is 11.5 Å². The minimum atomic E-state index is -0.837. The van der Waals surface area contributed by atoms with Gasteiger partial charge in [-0.3, -0.25) is 14.3 Å². The van der Waals surface area contributed by atoms with Crippen molar-refractivity contribution < 1.29 is 37.3 Å². The molecule has 0 radical (unpaired) electrons. The Morgan fingerprint density at radius 2 is 1.49 bits per heavy atom. The van der Waals surface area contributed by atoms with E-state index in [2.05, 4.69) is 10.6 Å². The number of carbonyl (C=O) groups excluding carboxylic acids is 1. The van der Waals surface area contributed by atoms with E-state index in [0.717, 1.165) is 16.7 Å². The van der Waals surface area contributed by atoms with Crippen molar-refractivity contribution >= 4 is 33.3 Å². The fourth-order valence-corrected chi connectivity index (χ4v) is 7.14. The average Bonchev–Trinajstić information content (AvgIpc) is 3.53. The Morgan fingerprint density at radius 1 is 0.836 bits per heavy atom. The molecule has 0 fully saturated rings. The zero-order valence-electron chi connectivity index (χ0n) is 31.4. The quantitative estimate of drug-likeness (QED) is 0.105. The summed E-state index contributed by atoms with van der Waals surface area (Å²) in [7, 11) is 6.54. The number of nitrogens with one attached hydrogen (secondary N) is 2. The van der Waals surface area contributed by atoms with Crippen LogP contribution in [0, 0.1) is 11.6 Å². The van der Waals surface area contributed by atoms with Gasteiger partial charge in [-0.2, -0.15) is 0 Å². The largest absolute Gasteiger partial charge is 0.487 e. The molecular weight excluding hydrogens is 737 g/mol. The Labute approximate surface area is 321 Å². The summed E-state index contributed by atoms with van der Waals surface area (Å²) in [5, 5.41) is 5.66. The van der Waals surface area contributed by atoms with Gasteiger partial charge in [0, 0.05) is 63.2 Å². The van der Waals surface area contributed by atoms with Crippen LogP contribution in [-0.4, -0.2) is 94.6 Å². The Kier molecular flexibility index (Phi) is 14.5. The molecule has 13 nitrogen and oxygen atoms in total. The number of amides is 2. The monoisotopic (exact) mass is 781 g/mol. The molecular formula is C39H45F2N5O8S. The lowest BCUT2D eigenvalue weighted by Crippen LogP contribution is -2.39. The van der Waals surface area contributed by atoms with Crippen molar-refractivity contribution in [1.82, 2.24) is 19.4 Å². The summed E-state index contributed by atoms with van der Waals surface area (Å²) >= 11 is 1.17. The van der Waals surface area contributed by atoms with Gasteiger partial charge in [0.25, 0.3) is 5.56 Å². The minimum absolute atomic E-state index is 0.148. The number of ether oxygens (including phenoxy) is 5. The highest BCUT2D eigenvalue weighted by molar-refractivity contribution is 7.22.